The normalized spacial score (nSPS) is 26.2. The van der Waals surface area contributed by atoms with Crippen LogP contribution in [0.25, 0.3) is 0 Å². The van der Waals surface area contributed by atoms with Gasteiger partial charge >= 0.3 is 5.97 Å². The van der Waals surface area contributed by atoms with E-state index >= 15 is 0 Å². The number of aromatic nitrogens is 1. The van der Waals surface area contributed by atoms with Gasteiger partial charge in [-0.25, -0.2) is 4.79 Å². The molecule has 0 radical (unpaired) electrons. The average Bonchev–Trinajstić information content (AvgIpc) is 3.28. The van der Waals surface area contributed by atoms with Gasteiger partial charge < -0.3 is 19.9 Å². The molecule has 7 heteroatoms. The Balaban J connectivity index is 1.25. The Morgan fingerprint density at radius 2 is 1.93 bits per heavy atom. The highest BCUT2D eigenvalue weighted by molar-refractivity contribution is 6.30. The lowest BCUT2D eigenvalue weighted by molar-refractivity contribution is -0.144. The van der Waals surface area contributed by atoms with Crippen LogP contribution in [-0.4, -0.2) is 34.8 Å². The molecule has 6 nitrogen and oxygen atoms in total. The topological polar surface area (TPSA) is 80.7 Å². The molecule has 1 unspecified atom stereocenters. The standard InChI is InChI=1S/C38H47ClN2O4/c1-5-44-34-22-31-27(19-26(34)4)20-28(18-24(2)23-45-33-12-17-40-32-11-6-8-25(3)35(32)33)37(31)13-15-38(16-14-37,36(42)43)41-30-10-7-9-29(39)21-30/h7,9-10,12,17,19,21-22,24-25,28,41H,5-6,8,11,13-16,18,20,23H2,1-4H3,(H,42,43)/t24-,25-,28?,37?,38?/m1/s1. The molecule has 45 heavy (non-hydrogen) atoms. The average molecular weight is 631 g/mol. The molecule has 3 atom stereocenters. The van der Waals surface area contributed by atoms with Gasteiger partial charge in [0.2, 0.25) is 0 Å². The van der Waals surface area contributed by atoms with E-state index < -0.39 is 11.5 Å². The summed E-state index contributed by atoms with van der Waals surface area (Å²) >= 11 is 6.26. The van der Waals surface area contributed by atoms with E-state index in [0.717, 1.165) is 54.9 Å². The zero-order chi connectivity index (χ0) is 31.8. The number of carboxylic acids is 1. The lowest BCUT2D eigenvalue weighted by atomic mass is 9.59. The van der Waals surface area contributed by atoms with Crippen LogP contribution in [0.3, 0.4) is 0 Å². The van der Waals surface area contributed by atoms with Gasteiger partial charge in [0.25, 0.3) is 0 Å². The maximum Gasteiger partial charge on any atom is 0.329 e. The van der Waals surface area contributed by atoms with E-state index in [1.807, 2.05) is 43.5 Å². The minimum absolute atomic E-state index is 0.109. The monoisotopic (exact) mass is 630 g/mol. The number of hydrogen-bond acceptors (Lipinski definition) is 5. The number of hydrogen-bond donors (Lipinski definition) is 2. The number of ether oxygens (including phenoxy) is 2. The van der Waals surface area contributed by atoms with Crippen molar-refractivity contribution in [2.45, 2.75) is 102 Å². The van der Waals surface area contributed by atoms with E-state index in [9.17, 15) is 9.90 Å². The summed E-state index contributed by atoms with van der Waals surface area (Å²) in [7, 11) is 0. The summed E-state index contributed by atoms with van der Waals surface area (Å²) in [6, 6.07) is 14.0. The van der Waals surface area contributed by atoms with E-state index in [-0.39, 0.29) is 5.41 Å². The molecule has 1 spiro atoms. The highest BCUT2D eigenvalue weighted by Crippen LogP contribution is 2.57. The van der Waals surface area contributed by atoms with Crippen LogP contribution in [0.5, 0.6) is 11.5 Å². The molecule has 0 aliphatic heterocycles. The lowest BCUT2D eigenvalue weighted by Gasteiger charge is -2.47. The molecule has 1 aromatic heterocycles. The fraction of sp³-hybridized carbons (Fsp3) is 0.526. The number of aliphatic carboxylic acids is 1. The number of nitrogens with zero attached hydrogens (tertiary/aromatic N) is 1. The van der Waals surface area contributed by atoms with Gasteiger partial charge in [-0.3, -0.25) is 4.98 Å². The number of aryl methyl sites for hydroxylation is 2. The number of fused-ring (bicyclic) bond motifs is 3. The van der Waals surface area contributed by atoms with E-state index in [1.54, 1.807) is 0 Å². The van der Waals surface area contributed by atoms with Crippen molar-refractivity contribution in [3.05, 3.63) is 81.6 Å². The maximum atomic E-state index is 12.9. The van der Waals surface area contributed by atoms with E-state index in [0.29, 0.717) is 48.8 Å². The third-order valence-electron chi connectivity index (χ3n) is 10.9. The van der Waals surface area contributed by atoms with Gasteiger partial charge in [-0.2, -0.15) is 0 Å². The van der Waals surface area contributed by atoms with Gasteiger partial charge in [0, 0.05) is 28.2 Å². The van der Waals surface area contributed by atoms with Crippen molar-refractivity contribution in [3.8, 4) is 11.5 Å². The first kappa shape index (κ1) is 31.7. The number of carboxylic acid groups (broad SMARTS) is 1. The van der Waals surface area contributed by atoms with Gasteiger partial charge in [0.15, 0.2) is 0 Å². The van der Waals surface area contributed by atoms with Crippen LogP contribution < -0.4 is 14.8 Å². The minimum Gasteiger partial charge on any atom is -0.494 e. The van der Waals surface area contributed by atoms with Crippen LogP contribution in [0.2, 0.25) is 5.02 Å². The summed E-state index contributed by atoms with van der Waals surface area (Å²) in [5, 5.41) is 14.5. The van der Waals surface area contributed by atoms with Crippen molar-refractivity contribution < 1.29 is 19.4 Å². The van der Waals surface area contributed by atoms with E-state index in [2.05, 4.69) is 43.2 Å². The molecule has 1 saturated carbocycles. The van der Waals surface area contributed by atoms with Crippen molar-refractivity contribution in [1.82, 2.24) is 4.98 Å². The SMILES string of the molecule is CCOc1cc2c(cc1C)CC(C[C@@H](C)COc1ccnc3c1[C@H](C)CCC3)C21CCC(Nc2cccc(Cl)c2)(C(=O)O)CC1. The van der Waals surface area contributed by atoms with Gasteiger partial charge in [-0.15, -0.1) is 0 Å². The molecular weight excluding hydrogens is 584 g/mol. The van der Waals surface area contributed by atoms with E-state index in [1.165, 1.54) is 35.2 Å². The summed E-state index contributed by atoms with van der Waals surface area (Å²) < 4.78 is 12.6. The van der Waals surface area contributed by atoms with Gasteiger partial charge in [0.05, 0.1) is 13.2 Å². The largest absolute Gasteiger partial charge is 0.494 e. The van der Waals surface area contributed by atoms with Crippen LogP contribution >= 0.6 is 11.6 Å². The Labute approximate surface area is 272 Å². The van der Waals surface area contributed by atoms with E-state index in [4.69, 9.17) is 21.1 Å². The first-order valence-electron chi connectivity index (χ1n) is 16.8. The molecule has 0 saturated heterocycles. The number of carbonyl (C=O) groups is 1. The molecular formula is C38H47ClN2O4. The van der Waals surface area contributed by atoms with Gasteiger partial charge in [0.1, 0.15) is 17.0 Å². The molecule has 240 valence electrons. The van der Waals surface area contributed by atoms with Crippen molar-refractivity contribution in [2.75, 3.05) is 18.5 Å². The third kappa shape index (κ3) is 6.15. The Hall–Kier alpha value is -3.25. The predicted octanol–water partition coefficient (Wildman–Crippen LogP) is 8.91. The molecule has 1 heterocycles. The van der Waals surface area contributed by atoms with Crippen LogP contribution in [0.1, 0.15) is 99.6 Å². The number of rotatable bonds is 10. The molecule has 1 fully saturated rings. The number of pyridine rings is 1. The molecule has 3 aliphatic rings. The van der Waals surface area contributed by atoms with Gasteiger partial charge in [-0.1, -0.05) is 37.6 Å². The van der Waals surface area contributed by atoms with Crippen LogP contribution in [-0.2, 0) is 23.1 Å². The fourth-order valence-electron chi connectivity index (χ4n) is 8.57. The summed E-state index contributed by atoms with van der Waals surface area (Å²) in [4.78, 5) is 17.5. The Morgan fingerprint density at radius 3 is 2.67 bits per heavy atom. The zero-order valence-corrected chi connectivity index (χ0v) is 27.9. The first-order chi connectivity index (χ1) is 21.6. The third-order valence-corrected chi connectivity index (χ3v) is 11.1. The summed E-state index contributed by atoms with van der Waals surface area (Å²) in [5.74, 6) is 2.34. The van der Waals surface area contributed by atoms with Crippen molar-refractivity contribution in [1.29, 1.82) is 0 Å². The highest BCUT2D eigenvalue weighted by atomic mass is 35.5. The summed E-state index contributed by atoms with van der Waals surface area (Å²) in [5.41, 5.74) is 5.99. The second-order valence-electron chi connectivity index (χ2n) is 13.9. The van der Waals surface area contributed by atoms with Crippen LogP contribution in [0, 0.1) is 18.8 Å². The quantitative estimate of drug-likeness (QED) is 0.233. The number of anilines is 1. The number of nitrogens with one attached hydrogen (secondary N) is 1. The molecule has 0 amide bonds. The molecule has 3 aromatic rings. The second-order valence-corrected chi connectivity index (χ2v) is 14.3. The number of halogens is 1. The Kier molecular flexibility index (Phi) is 9.07. The van der Waals surface area contributed by atoms with Crippen molar-refractivity contribution >= 4 is 23.3 Å². The van der Waals surface area contributed by atoms with Crippen molar-refractivity contribution in [3.63, 3.8) is 0 Å². The number of benzene rings is 2. The smallest absolute Gasteiger partial charge is 0.329 e. The summed E-state index contributed by atoms with van der Waals surface area (Å²) in [6.45, 7) is 10.0. The molecule has 2 N–H and O–H groups in total. The summed E-state index contributed by atoms with van der Waals surface area (Å²) in [6.07, 6.45) is 9.97. The van der Waals surface area contributed by atoms with Crippen LogP contribution in [0.4, 0.5) is 5.69 Å². The first-order valence-corrected chi connectivity index (χ1v) is 17.2. The Bertz CT molecular complexity index is 1550. The predicted molar refractivity (Wildman–Crippen MR) is 180 cm³/mol. The fourth-order valence-corrected chi connectivity index (χ4v) is 8.76. The second kappa shape index (κ2) is 12.9. The minimum atomic E-state index is -1.04. The molecule has 6 rings (SSSR count). The van der Waals surface area contributed by atoms with Crippen LogP contribution in [0.15, 0.2) is 48.7 Å². The highest BCUT2D eigenvalue weighted by Gasteiger charge is 2.54. The molecule has 0 bridgehead atoms. The lowest BCUT2D eigenvalue weighted by Crippen LogP contribution is -2.53. The molecule has 3 aliphatic carbocycles. The van der Waals surface area contributed by atoms with Crippen molar-refractivity contribution in [2.24, 2.45) is 11.8 Å². The zero-order valence-electron chi connectivity index (χ0n) is 27.1. The molecule has 2 aromatic carbocycles. The van der Waals surface area contributed by atoms with Gasteiger partial charge in [-0.05, 0) is 142 Å². The Morgan fingerprint density at radius 1 is 1.13 bits per heavy atom. The maximum absolute atomic E-state index is 12.9.